The highest BCUT2D eigenvalue weighted by atomic mass is 35.5. The minimum Gasteiger partial charge on any atom is -0.395 e. The lowest BCUT2D eigenvalue weighted by Crippen LogP contribution is -2.26. The number of anilines is 1. The molecule has 2 amide bonds. The van der Waals surface area contributed by atoms with E-state index in [4.69, 9.17) is 23.2 Å². The van der Waals surface area contributed by atoms with Crippen LogP contribution in [0.5, 0.6) is 11.5 Å². The first-order chi connectivity index (χ1) is 14.8. The van der Waals surface area contributed by atoms with Crippen molar-refractivity contribution in [3.05, 3.63) is 87.9 Å². The lowest BCUT2D eigenvalue weighted by molar-refractivity contribution is -0.286. The molecule has 0 spiro atoms. The summed E-state index contributed by atoms with van der Waals surface area (Å²) < 4.78 is 35.7. The summed E-state index contributed by atoms with van der Waals surface area (Å²) >= 11 is 11.8. The summed E-state index contributed by atoms with van der Waals surface area (Å²) in [5.41, 5.74) is 4.19. The minimum absolute atomic E-state index is 0.0994. The van der Waals surface area contributed by atoms with Crippen LogP contribution in [0, 0.1) is 0 Å². The number of carbonyl (C=O) groups excluding carboxylic acids is 1. The summed E-state index contributed by atoms with van der Waals surface area (Å²) in [4.78, 5) is 12.3. The van der Waals surface area contributed by atoms with Crippen molar-refractivity contribution in [1.82, 2.24) is 5.43 Å². The van der Waals surface area contributed by atoms with Crippen LogP contribution in [0.1, 0.15) is 11.1 Å². The molecular weight excluding hydrogens is 451 g/mol. The van der Waals surface area contributed by atoms with Crippen molar-refractivity contribution in [2.75, 3.05) is 5.32 Å². The molecule has 1 aliphatic rings. The van der Waals surface area contributed by atoms with Gasteiger partial charge in [-0.3, -0.25) is 0 Å². The number of fused-ring (bicyclic) bond motifs is 1. The molecule has 0 atom stereocenters. The molecule has 0 saturated heterocycles. The van der Waals surface area contributed by atoms with E-state index in [1.54, 1.807) is 48.5 Å². The molecule has 3 aromatic rings. The number of ether oxygens (including phenoxy) is 2. The van der Waals surface area contributed by atoms with Gasteiger partial charge in [-0.15, -0.1) is 8.78 Å². The highest BCUT2D eigenvalue weighted by Crippen LogP contribution is 2.41. The van der Waals surface area contributed by atoms with Crippen LogP contribution < -0.4 is 20.2 Å². The number of amides is 2. The Labute approximate surface area is 185 Å². The SMILES string of the molecule is O=C(N/N=C(\c1ccc(Cl)cc1)c1ccc2c(c1)OC(F)(F)O2)Nc1ccc(Cl)cc1. The quantitative estimate of drug-likeness (QED) is 0.374. The third kappa shape index (κ3) is 5.04. The number of hydrogen-bond donors (Lipinski definition) is 2. The Morgan fingerprint density at radius 1 is 0.839 bits per heavy atom. The van der Waals surface area contributed by atoms with E-state index in [1.807, 2.05) is 0 Å². The van der Waals surface area contributed by atoms with Crippen molar-refractivity contribution < 1.29 is 23.0 Å². The number of urea groups is 1. The fraction of sp³-hybridized carbons (Fsp3) is 0.0476. The molecule has 3 aromatic carbocycles. The zero-order chi connectivity index (χ0) is 22.0. The Bertz CT molecular complexity index is 1150. The highest BCUT2D eigenvalue weighted by Gasteiger charge is 2.43. The molecule has 0 bridgehead atoms. The number of benzene rings is 3. The first-order valence-corrected chi connectivity index (χ1v) is 9.61. The van der Waals surface area contributed by atoms with Crippen molar-refractivity contribution in [3.8, 4) is 11.5 Å². The topological polar surface area (TPSA) is 72.0 Å². The van der Waals surface area contributed by atoms with Gasteiger partial charge in [0, 0.05) is 26.9 Å². The fourth-order valence-corrected chi connectivity index (χ4v) is 3.05. The van der Waals surface area contributed by atoms with Gasteiger partial charge < -0.3 is 14.8 Å². The first kappa shape index (κ1) is 20.9. The van der Waals surface area contributed by atoms with Gasteiger partial charge in [-0.05, 0) is 54.6 Å². The maximum Gasteiger partial charge on any atom is 0.586 e. The first-order valence-electron chi connectivity index (χ1n) is 8.85. The lowest BCUT2D eigenvalue weighted by Gasteiger charge is -2.10. The van der Waals surface area contributed by atoms with Crippen LogP contribution in [0.15, 0.2) is 71.8 Å². The number of nitrogens with one attached hydrogen (secondary N) is 2. The van der Waals surface area contributed by atoms with Gasteiger partial charge in [0.15, 0.2) is 11.5 Å². The van der Waals surface area contributed by atoms with Crippen molar-refractivity contribution in [3.63, 3.8) is 0 Å². The summed E-state index contributed by atoms with van der Waals surface area (Å²) in [7, 11) is 0. The maximum atomic E-state index is 13.4. The number of halogens is 4. The van der Waals surface area contributed by atoms with Crippen LogP contribution >= 0.6 is 23.2 Å². The Morgan fingerprint density at radius 3 is 2.10 bits per heavy atom. The number of hydrazone groups is 1. The van der Waals surface area contributed by atoms with Crippen LogP contribution in [0.2, 0.25) is 10.0 Å². The molecule has 1 heterocycles. The molecule has 0 aromatic heterocycles. The summed E-state index contributed by atoms with van der Waals surface area (Å²) in [6.07, 6.45) is -3.74. The average Bonchev–Trinajstić information content (AvgIpc) is 3.04. The second-order valence-electron chi connectivity index (χ2n) is 6.37. The molecule has 4 rings (SSSR count). The van der Waals surface area contributed by atoms with Crippen molar-refractivity contribution in [1.29, 1.82) is 0 Å². The maximum absolute atomic E-state index is 13.4. The van der Waals surface area contributed by atoms with Gasteiger partial charge in [0.05, 0.1) is 5.71 Å². The third-order valence-corrected chi connectivity index (χ3v) is 4.67. The molecule has 1 aliphatic heterocycles. The zero-order valence-electron chi connectivity index (χ0n) is 15.5. The van der Waals surface area contributed by atoms with E-state index in [2.05, 4.69) is 25.3 Å². The Balaban J connectivity index is 1.61. The van der Waals surface area contributed by atoms with E-state index in [0.29, 0.717) is 32.6 Å². The summed E-state index contributed by atoms with van der Waals surface area (Å²) in [5.74, 6) is -0.243. The summed E-state index contributed by atoms with van der Waals surface area (Å²) in [5, 5.41) is 7.81. The second kappa shape index (κ2) is 8.41. The summed E-state index contributed by atoms with van der Waals surface area (Å²) in [6, 6.07) is 16.8. The van der Waals surface area contributed by atoms with E-state index < -0.39 is 12.3 Å². The molecule has 31 heavy (non-hydrogen) atoms. The average molecular weight is 464 g/mol. The normalized spacial score (nSPS) is 14.3. The Morgan fingerprint density at radius 2 is 1.42 bits per heavy atom. The van der Waals surface area contributed by atoms with Gasteiger partial charge in [0.25, 0.3) is 0 Å². The van der Waals surface area contributed by atoms with Crippen LogP contribution in [0.25, 0.3) is 0 Å². The van der Waals surface area contributed by atoms with Gasteiger partial charge in [-0.1, -0.05) is 35.3 Å². The van der Waals surface area contributed by atoms with Crippen LogP contribution in [0.3, 0.4) is 0 Å². The van der Waals surface area contributed by atoms with Gasteiger partial charge in [-0.2, -0.15) is 5.10 Å². The number of hydrogen-bond acceptors (Lipinski definition) is 4. The van der Waals surface area contributed by atoms with E-state index in [1.165, 1.54) is 18.2 Å². The fourth-order valence-electron chi connectivity index (χ4n) is 2.80. The van der Waals surface area contributed by atoms with Crippen LogP contribution in [-0.4, -0.2) is 18.0 Å². The number of rotatable bonds is 4. The number of alkyl halides is 2. The molecule has 0 saturated carbocycles. The van der Waals surface area contributed by atoms with Crippen LogP contribution in [0.4, 0.5) is 19.3 Å². The van der Waals surface area contributed by atoms with Gasteiger partial charge in [0.1, 0.15) is 0 Å². The molecule has 0 radical (unpaired) electrons. The molecule has 2 N–H and O–H groups in total. The number of nitrogens with zero attached hydrogens (tertiary/aromatic N) is 1. The molecule has 0 fully saturated rings. The minimum atomic E-state index is -3.74. The Hall–Kier alpha value is -3.36. The highest BCUT2D eigenvalue weighted by molar-refractivity contribution is 6.31. The van der Waals surface area contributed by atoms with Crippen molar-refractivity contribution >= 4 is 40.6 Å². The van der Waals surface area contributed by atoms with E-state index in [-0.39, 0.29) is 11.5 Å². The number of carbonyl (C=O) groups is 1. The molecule has 0 aliphatic carbocycles. The molecule has 6 nitrogen and oxygen atoms in total. The molecule has 158 valence electrons. The van der Waals surface area contributed by atoms with Crippen LogP contribution in [-0.2, 0) is 0 Å². The lowest BCUT2D eigenvalue weighted by atomic mass is 10.0. The zero-order valence-corrected chi connectivity index (χ0v) is 17.0. The van der Waals surface area contributed by atoms with Crippen molar-refractivity contribution in [2.24, 2.45) is 5.10 Å². The smallest absolute Gasteiger partial charge is 0.395 e. The van der Waals surface area contributed by atoms with E-state index in [0.717, 1.165) is 0 Å². The Kier molecular flexibility index (Phi) is 5.67. The van der Waals surface area contributed by atoms with E-state index in [9.17, 15) is 13.6 Å². The monoisotopic (exact) mass is 463 g/mol. The molecule has 10 heteroatoms. The standard InChI is InChI=1S/C21H13Cl2F2N3O3/c22-14-4-1-12(2-5-14)19(13-3-10-17-18(11-13)31-21(24,25)30-17)27-28-20(29)26-16-8-6-15(23)7-9-16/h1-11H,(H2,26,28,29)/b27-19+. The van der Waals surface area contributed by atoms with Gasteiger partial charge in [-0.25, -0.2) is 10.2 Å². The largest absolute Gasteiger partial charge is 0.586 e. The molecule has 0 unspecified atom stereocenters. The van der Waals surface area contributed by atoms with Crippen molar-refractivity contribution in [2.45, 2.75) is 6.29 Å². The van der Waals surface area contributed by atoms with Gasteiger partial charge >= 0.3 is 12.3 Å². The van der Waals surface area contributed by atoms with E-state index >= 15 is 0 Å². The predicted molar refractivity (Wildman–Crippen MR) is 113 cm³/mol. The third-order valence-electron chi connectivity index (χ3n) is 4.16. The second-order valence-corrected chi connectivity index (χ2v) is 7.24. The predicted octanol–water partition coefficient (Wildman–Crippen LogP) is 5.89. The van der Waals surface area contributed by atoms with Gasteiger partial charge in [0.2, 0.25) is 0 Å². The molecular formula is C21H13Cl2F2N3O3. The summed E-state index contributed by atoms with van der Waals surface area (Å²) in [6.45, 7) is 0.